The van der Waals surface area contributed by atoms with E-state index in [0.717, 1.165) is 10.6 Å². The number of halogens is 3. The highest BCUT2D eigenvalue weighted by atomic mass is 19.4. The quantitative estimate of drug-likeness (QED) is 0.524. The zero-order valence-electron chi connectivity index (χ0n) is 13.7. The number of aromatic nitrogens is 5. The first-order valence-corrected chi connectivity index (χ1v) is 7.65. The van der Waals surface area contributed by atoms with Crippen molar-refractivity contribution in [3.05, 3.63) is 58.4 Å². The normalized spacial score (nSPS) is 12.2. The van der Waals surface area contributed by atoms with E-state index in [-0.39, 0.29) is 11.2 Å². The highest BCUT2D eigenvalue weighted by Crippen LogP contribution is 2.31. The van der Waals surface area contributed by atoms with E-state index in [0.29, 0.717) is 22.2 Å². The molecule has 0 saturated carbocycles. The molecule has 132 valence electrons. The van der Waals surface area contributed by atoms with Gasteiger partial charge in [-0.05, 0) is 31.2 Å². The second-order valence-electron chi connectivity index (χ2n) is 5.93. The SMILES string of the molecule is Cc1ccc(-n2c(=O)c3nn(C)cc3c3ccc(C(F)(F)F)nc32)cn1. The third-order valence-corrected chi connectivity index (χ3v) is 4.06. The Balaban J connectivity index is 2.20. The number of fused-ring (bicyclic) bond motifs is 3. The Morgan fingerprint density at radius 3 is 2.50 bits per heavy atom. The van der Waals surface area contributed by atoms with E-state index >= 15 is 0 Å². The third kappa shape index (κ3) is 2.43. The van der Waals surface area contributed by atoms with Crippen molar-refractivity contribution in [3.8, 4) is 5.69 Å². The molecule has 0 N–H and O–H groups in total. The molecular weight excluding hydrogens is 347 g/mol. The summed E-state index contributed by atoms with van der Waals surface area (Å²) in [6.07, 6.45) is -1.61. The topological polar surface area (TPSA) is 65.6 Å². The number of hydrogen-bond acceptors (Lipinski definition) is 4. The fourth-order valence-corrected chi connectivity index (χ4v) is 2.86. The first-order chi connectivity index (χ1) is 12.3. The van der Waals surface area contributed by atoms with Gasteiger partial charge in [0.05, 0.1) is 11.9 Å². The molecule has 0 aliphatic heterocycles. The van der Waals surface area contributed by atoms with Crippen molar-refractivity contribution < 1.29 is 13.2 Å². The van der Waals surface area contributed by atoms with Crippen LogP contribution in [0.4, 0.5) is 13.2 Å². The van der Waals surface area contributed by atoms with Crippen molar-refractivity contribution in [1.82, 2.24) is 24.3 Å². The number of alkyl halides is 3. The summed E-state index contributed by atoms with van der Waals surface area (Å²) in [4.78, 5) is 20.8. The number of pyridine rings is 3. The molecule has 0 saturated heterocycles. The molecule has 0 aliphatic rings. The monoisotopic (exact) mass is 359 g/mol. The third-order valence-electron chi connectivity index (χ3n) is 4.06. The minimum Gasteiger partial charge on any atom is -0.274 e. The number of hydrogen-bond donors (Lipinski definition) is 0. The van der Waals surface area contributed by atoms with Gasteiger partial charge in [0.1, 0.15) is 11.3 Å². The van der Waals surface area contributed by atoms with Gasteiger partial charge in [-0.3, -0.25) is 19.0 Å². The maximum Gasteiger partial charge on any atom is 0.433 e. The first kappa shape index (κ1) is 16.2. The van der Waals surface area contributed by atoms with Gasteiger partial charge in [-0.2, -0.15) is 18.3 Å². The zero-order valence-corrected chi connectivity index (χ0v) is 13.7. The molecule has 0 bridgehead atoms. The van der Waals surface area contributed by atoms with Crippen LogP contribution in [0.1, 0.15) is 11.4 Å². The number of rotatable bonds is 1. The van der Waals surface area contributed by atoms with E-state index in [1.165, 1.54) is 16.9 Å². The lowest BCUT2D eigenvalue weighted by Crippen LogP contribution is -2.21. The number of aryl methyl sites for hydroxylation is 2. The predicted molar refractivity (Wildman–Crippen MR) is 89.1 cm³/mol. The number of nitrogens with zero attached hydrogens (tertiary/aromatic N) is 5. The van der Waals surface area contributed by atoms with Crippen LogP contribution in [0.25, 0.3) is 27.6 Å². The molecule has 4 rings (SSSR count). The molecule has 0 atom stereocenters. The molecular formula is C17H12F3N5O. The van der Waals surface area contributed by atoms with Crippen LogP contribution in [0.3, 0.4) is 0 Å². The van der Waals surface area contributed by atoms with Crippen LogP contribution in [0.5, 0.6) is 0 Å². The Kier molecular flexibility index (Phi) is 3.36. The lowest BCUT2D eigenvalue weighted by molar-refractivity contribution is -0.141. The second-order valence-corrected chi connectivity index (χ2v) is 5.93. The molecule has 4 aromatic rings. The summed E-state index contributed by atoms with van der Waals surface area (Å²) in [5.41, 5.74) is -0.510. The molecule has 26 heavy (non-hydrogen) atoms. The van der Waals surface area contributed by atoms with E-state index < -0.39 is 17.4 Å². The van der Waals surface area contributed by atoms with Gasteiger partial charge in [-0.15, -0.1) is 0 Å². The van der Waals surface area contributed by atoms with Gasteiger partial charge in [0.2, 0.25) is 0 Å². The van der Waals surface area contributed by atoms with Crippen LogP contribution in [0.15, 0.2) is 41.5 Å². The van der Waals surface area contributed by atoms with Crippen molar-refractivity contribution in [1.29, 1.82) is 0 Å². The Morgan fingerprint density at radius 1 is 1.08 bits per heavy atom. The predicted octanol–water partition coefficient (Wildman–Crippen LogP) is 2.99. The van der Waals surface area contributed by atoms with Gasteiger partial charge in [-0.25, -0.2) is 4.98 Å². The molecule has 0 radical (unpaired) electrons. The smallest absolute Gasteiger partial charge is 0.274 e. The highest BCUT2D eigenvalue weighted by molar-refractivity contribution is 6.03. The highest BCUT2D eigenvalue weighted by Gasteiger charge is 2.33. The van der Waals surface area contributed by atoms with E-state index in [1.807, 2.05) is 0 Å². The molecule has 0 unspecified atom stereocenters. The summed E-state index contributed by atoms with van der Waals surface area (Å²) in [6.45, 7) is 1.77. The second kappa shape index (κ2) is 5.38. The minimum atomic E-state index is -4.62. The summed E-state index contributed by atoms with van der Waals surface area (Å²) < 4.78 is 42.0. The molecule has 4 heterocycles. The van der Waals surface area contributed by atoms with Crippen LogP contribution in [0.2, 0.25) is 0 Å². The molecule has 0 aromatic carbocycles. The largest absolute Gasteiger partial charge is 0.433 e. The van der Waals surface area contributed by atoms with Gasteiger partial charge < -0.3 is 0 Å². The summed E-state index contributed by atoms with van der Waals surface area (Å²) in [6, 6.07) is 5.49. The zero-order chi connectivity index (χ0) is 18.6. The van der Waals surface area contributed by atoms with E-state index in [9.17, 15) is 18.0 Å². The maximum absolute atomic E-state index is 13.1. The van der Waals surface area contributed by atoms with Crippen LogP contribution in [0, 0.1) is 6.92 Å². The van der Waals surface area contributed by atoms with Crippen LogP contribution in [-0.2, 0) is 13.2 Å². The van der Waals surface area contributed by atoms with Gasteiger partial charge in [0.15, 0.2) is 5.52 Å². The molecule has 0 amide bonds. The van der Waals surface area contributed by atoms with Crippen LogP contribution >= 0.6 is 0 Å². The van der Waals surface area contributed by atoms with E-state index in [2.05, 4.69) is 15.1 Å². The summed E-state index contributed by atoms with van der Waals surface area (Å²) in [7, 11) is 1.64. The molecule has 0 spiro atoms. The Labute approximate surface area is 144 Å². The molecule has 0 aliphatic carbocycles. The average molecular weight is 359 g/mol. The Bertz CT molecular complexity index is 1210. The van der Waals surface area contributed by atoms with E-state index in [4.69, 9.17) is 0 Å². The van der Waals surface area contributed by atoms with Gasteiger partial charge in [-0.1, -0.05) is 0 Å². The lowest BCUT2D eigenvalue weighted by Gasteiger charge is -2.12. The summed E-state index contributed by atoms with van der Waals surface area (Å²) in [5, 5.41) is 5.00. The fourth-order valence-electron chi connectivity index (χ4n) is 2.86. The van der Waals surface area contributed by atoms with Crippen molar-refractivity contribution >= 4 is 21.9 Å². The first-order valence-electron chi connectivity index (χ1n) is 7.65. The van der Waals surface area contributed by atoms with Crippen molar-refractivity contribution in [2.45, 2.75) is 13.1 Å². The van der Waals surface area contributed by atoms with Gasteiger partial charge in [0.25, 0.3) is 5.56 Å². The standard InChI is InChI=1S/C17H12F3N5O/c1-9-3-4-10(7-21-9)25-15-11(5-6-13(22-15)17(18,19)20)12-8-24(2)23-14(12)16(25)26/h3-8H,1-2H3. The van der Waals surface area contributed by atoms with Crippen molar-refractivity contribution in [2.24, 2.45) is 7.05 Å². The van der Waals surface area contributed by atoms with Crippen molar-refractivity contribution in [2.75, 3.05) is 0 Å². The molecule has 4 aromatic heterocycles. The Morgan fingerprint density at radius 2 is 1.85 bits per heavy atom. The minimum absolute atomic E-state index is 0.0871. The van der Waals surface area contributed by atoms with Crippen molar-refractivity contribution in [3.63, 3.8) is 0 Å². The molecule has 9 heteroatoms. The molecule has 0 fully saturated rings. The van der Waals surface area contributed by atoms with E-state index in [1.54, 1.807) is 32.3 Å². The summed E-state index contributed by atoms with van der Waals surface area (Å²) in [5.74, 6) is 0. The van der Waals surface area contributed by atoms with Crippen LogP contribution in [-0.4, -0.2) is 24.3 Å². The fraction of sp³-hybridized carbons (Fsp3) is 0.176. The maximum atomic E-state index is 13.1. The Hall–Kier alpha value is -3.23. The van der Waals surface area contributed by atoms with Gasteiger partial charge in [0, 0.05) is 29.7 Å². The van der Waals surface area contributed by atoms with Crippen LogP contribution < -0.4 is 5.56 Å². The lowest BCUT2D eigenvalue weighted by atomic mass is 10.1. The average Bonchev–Trinajstić information content (AvgIpc) is 2.97. The molecule has 6 nitrogen and oxygen atoms in total. The van der Waals surface area contributed by atoms with Gasteiger partial charge >= 0.3 is 6.18 Å². The summed E-state index contributed by atoms with van der Waals surface area (Å²) >= 11 is 0.